The SMILES string of the molecule is Cc1cc(OCc2ccc(C(=O)O)cc2)ccc1/C=C1\SC(=S)N(Cc2ccc(C(=O)O)cc2)C1=O. The first-order valence-corrected chi connectivity index (χ1v) is 12.1. The first kappa shape index (κ1) is 25.2. The van der Waals surface area contributed by atoms with E-state index in [0.29, 0.717) is 21.6 Å². The van der Waals surface area contributed by atoms with Gasteiger partial charge in [0.05, 0.1) is 22.6 Å². The standard InChI is InChI=1S/C27H21NO6S2/c1-16-12-22(34-15-18-4-8-20(9-5-18)26(32)33)11-10-21(16)13-23-24(29)28(27(35)36-23)14-17-2-6-19(7-3-17)25(30)31/h2-13H,14-15H2,1H3,(H,30,31)(H,32,33)/b23-13-. The summed E-state index contributed by atoms with van der Waals surface area (Å²) in [5, 5.41) is 18.0. The van der Waals surface area contributed by atoms with Crippen molar-refractivity contribution in [3.63, 3.8) is 0 Å². The number of thioether (sulfide) groups is 1. The summed E-state index contributed by atoms with van der Waals surface area (Å²) >= 11 is 6.64. The maximum Gasteiger partial charge on any atom is 0.335 e. The van der Waals surface area contributed by atoms with Crippen molar-refractivity contribution < 1.29 is 29.3 Å². The van der Waals surface area contributed by atoms with E-state index in [1.807, 2.05) is 25.1 Å². The molecule has 3 aromatic rings. The Kier molecular flexibility index (Phi) is 7.52. The number of thiocarbonyl (C=S) groups is 1. The topological polar surface area (TPSA) is 104 Å². The molecule has 1 aliphatic heterocycles. The number of carbonyl (C=O) groups excluding carboxylic acids is 1. The normalized spacial score (nSPS) is 14.4. The van der Waals surface area contributed by atoms with Crippen molar-refractivity contribution >= 4 is 52.2 Å². The number of aryl methyl sites for hydroxylation is 1. The van der Waals surface area contributed by atoms with Crippen molar-refractivity contribution in [2.45, 2.75) is 20.1 Å². The van der Waals surface area contributed by atoms with E-state index in [4.69, 9.17) is 27.2 Å². The number of benzene rings is 3. The fraction of sp³-hybridized carbons (Fsp3) is 0.111. The van der Waals surface area contributed by atoms with E-state index in [9.17, 15) is 14.4 Å². The van der Waals surface area contributed by atoms with Crippen molar-refractivity contribution in [2.75, 3.05) is 0 Å². The molecule has 1 heterocycles. The number of aromatic carboxylic acids is 2. The van der Waals surface area contributed by atoms with Crippen molar-refractivity contribution in [1.82, 2.24) is 4.90 Å². The number of carboxylic acid groups (broad SMARTS) is 2. The summed E-state index contributed by atoms with van der Waals surface area (Å²) in [6.45, 7) is 2.48. The predicted octanol–water partition coefficient (Wildman–Crippen LogP) is 5.37. The van der Waals surface area contributed by atoms with Crippen molar-refractivity contribution in [2.24, 2.45) is 0 Å². The van der Waals surface area contributed by atoms with Gasteiger partial charge in [-0.15, -0.1) is 0 Å². The lowest BCUT2D eigenvalue weighted by molar-refractivity contribution is -0.122. The fourth-order valence-corrected chi connectivity index (χ4v) is 4.77. The minimum absolute atomic E-state index is 0.183. The van der Waals surface area contributed by atoms with E-state index in [-0.39, 0.29) is 23.6 Å². The number of rotatable bonds is 8. The van der Waals surface area contributed by atoms with E-state index in [1.54, 1.807) is 30.3 Å². The molecule has 1 amide bonds. The van der Waals surface area contributed by atoms with Crippen LogP contribution in [0, 0.1) is 6.92 Å². The third-order valence-electron chi connectivity index (χ3n) is 5.55. The molecule has 4 rings (SSSR count). The van der Waals surface area contributed by atoms with Gasteiger partial charge < -0.3 is 14.9 Å². The second kappa shape index (κ2) is 10.8. The number of hydrogen-bond acceptors (Lipinski definition) is 6. The monoisotopic (exact) mass is 519 g/mol. The number of amides is 1. The highest BCUT2D eigenvalue weighted by molar-refractivity contribution is 8.26. The minimum Gasteiger partial charge on any atom is -0.489 e. The van der Waals surface area contributed by atoms with Crippen molar-refractivity contribution in [3.8, 4) is 5.75 Å². The summed E-state index contributed by atoms with van der Waals surface area (Å²) < 4.78 is 6.28. The number of nitrogens with zero attached hydrogens (tertiary/aromatic N) is 1. The molecule has 0 bridgehead atoms. The van der Waals surface area contributed by atoms with Crippen LogP contribution in [0.25, 0.3) is 6.08 Å². The Morgan fingerprint density at radius 3 is 2.08 bits per heavy atom. The highest BCUT2D eigenvalue weighted by atomic mass is 32.2. The zero-order chi connectivity index (χ0) is 25.8. The zero-order valence-corrected chi connectivity index (χ0v) is 20.8. The first-order valence-electron chi connectivity index (χ1n) is 10.8. The van der Waals surface area contributed by atoms with Gasteiger partial charge in [-0.2, -0.15) is 0 Å². The molecule has 3 aromatic carbocycles. The van der Waals surface area contributed by atoms with E-state index in [2.05, 4.69) is 0 Å². The number of ether oxygens (including phenoxy) is 1. The van der Waals surface area contributed by atoms with Crippen molar-refractivity contribution in [1.29, 1.82) is 0 Å². The predicted molar refractivity (Wildman–Crippen MR) is 141 cm³/mol. The molecule has 182 valence electrons. The maximum absolute atomic E-state index is 13.0. The van der Waals surface area contributed by atoms with Crippen molar-refractivity contribution in [3.05, 3.63) is 105 Å². The smallest absolute Gasteiger partial charge is 0.335 e. The Morgan fingerprint density at radius 2 is 1.53 bits per heavy atom. The Balaban J connectivity index is 1.42. The highest BCUT2D eigenvalue weighted by Gasteiger charge is 2.32. The summed E-state index contributed by atoms with van der Waals surface area (Å²) in [6.07, 6.45) is 1.80. The van der Waals surface area contributed by atoms with Crippen LogP contribution in [-0.2, 0) is 17.9 Å². The molecular formula is C27H21NO6S2. The molecule has 36 heavy (non-hydrogen) atoms. The van der Waals surface area contributed by atoms with Gasteiger partial charge in [-0.1, -0.05) is 54.3 Å². The summed E-state index contributed by atoms with van der Waals surface area (Å²) in [7, 11) is 0. The summed E-state index contributed by atoms with van der Waals surface area (Å²) in [4.78, 5) is 37.0. The van der Waals surface area contributed by atoms with E-state index in [0.717, 1.165) is 22.3 Å². The van der Waals surface area contributed by atoms with Crippen LogP contribution in [0.1, 0.15) is 43.0 Å². The Hall–Kier alpha value is -3.95. The summed E-state index contributed by atoms with van der Waals surface area (Å²) in [5.41, 5.74) is 3.82. The molecule has 0 aromatic heterocycles. The van der Waals surface area contributed by atoms with Crippen LogP contribution in [0.5, 0.6) is 5.75 Å². The van der Waals surface area contributed by atoms with Crippen LogP contribution < -0.4 is 4.74 Å². The molecule has 2 N–H and O–H groups in total. The number of carbonyl (C=O) groups is 3. The minimum atomic E-state index is -1.00. The molecule has 9 heteroatoms. The average molecular weight is 520 g/mol. The lowest BCUT2D eigenvalue weighted by Gasteiger charge is -2.14. The molecule has 0 atom stereocenters. The third kappa shape index (κ3) is 5.81. The number of carboxylic acids is 2. The molecular weight excluding hydrogens is 498 g/mol. The third-order valence-corrected chi connectivity index (χ3v) is 6.93. The van der Waals surface area contributed by atoms with E-state index in [1.165, 1.54) is 40.9 Å². The fourth-order valence-electron chi connectivity index (χ4n) is 3.52. The van der Waals surface area contributed by atoms with Gasteiger partial charge in [0.25, 0.3) is 5.91 Å². The van der Waals surface area contributed by atoms with Gasteiger partial charge >= 0.3 is 11.9 Å². The molecule has 1 fully saturated rings. The maximum atomic E-state index is 13.0. The second-order valence-corrected chi connectivity index (χ2v) is 9.75. The van der Waals surface area contributed by atoms with Crippen LogP contribution in [0.4, 0.5) is 0 Å². The van der Waals surface area contributed by atoms with Gasteiger partial charge in [0.1, 0.15) is 16.7 Å². The average Bonchev–Trinajstić information content (AvgIpc) is 3.12. The molecule has 0 aliphatic carbocycles. The Bertz CT molecular complexity index is 1380. The van der Waals surface area contributed by atoms with Gasteiger partial charge in [-0.25, -0.2) is 9.59 Å². The number of hydrogen-bond donors (Lipinski definition) is 2. The lowest BCUT2D eigenvalue weighted by atomic mass is 10.1. The van der Waals surface area contributed by atoms with Crippen LogP contribution in [-0.4, -0.2) is 37.3 Å². The molecule has 1 aliphatic rings. The highest BCUT2D eigenvalue weighted by Crippen LogP contribution is 2.34. The van der Waals surface area contributed by atoms with E-state index >= 15 is 0 Å². The molecule has 7 nitrogen and oxygen atoms in total. The van der Waals surface area contributed by atoms with Gasteiger partial charge in [0, 0.05) is 0 Å². The molecule has 0 radical (unpaired) electrons. The second-order valence-electron chi connectivity index (χ2n) is 8.08. The Morgan fingerprint density at radius 1 is 0.944 bits per heavy atom. The molecule has 0 spiro atoms. The Labute approximate surface area is 217 Å². The summed E-state index contributed by atoms with van der Waals surface area (Å²) in [5.74, 6) is -1.52. The zero-order valence-electron chi connectivity index (χ0n) is 19.1. The van der Waals surface area contributed by atoms with Gasteiger partial charge in [0.15, 0.2) is 0 Å². The summed E-state index contributed by atoms with van der Waals surface area (Å²) in [6, 6.07) is 18.4. The quantitative estimate of drug-likeness (QED) is 0.302. The largest absolute Gasteiger partial charge is 0.489 e. The lowest BCUT2D eigenvalue weighted by Crippen LogP contribution is -2.27. The molecule has 1 saturated heterocycles. The van der Waals surface area contributed by atoms with Gasteiger partial charge in [-0.05, 0) is 71.7 Å². The first-order chi connectivity index (χ1) is 17.2. The van der Waals surface area contributed by atoms with E-state index < -0.39 is 11.9 Å². The van der Waals surface area contributed by atoms with Gasteiger partial charge in [0.2, 0.25) is 0 Å². The van der Waals surface area contributed by atoms with Crippen LogP contribution in [0.2, 0.25) is 0 Å². The van der Waals surface area contributed by atoms with Gasteiger partial charge in [-0.3, -0.25) is 9.69 Å². The van der Waals surface area contributed by atoms with Crippen LogP contribution in [0.3, 0.4) is 0 Å². The molecule has 0 unspecified atom stereocenters. The van der Waals surface area contributed by atoms with Crippen LogP contribution in [0.15, 0.2) is 71.6 Å². The van der Waals surface area contributed by atoms with Crippen LogP contribution >= 0.6 is 24.0 Å². The molecule has 0 saturated carbocycles.